The molecular formula is C17H36N4O. The molecule has 1 unspecified atom stereocenters. The Morgan fingerprint density at radius 3 is 2.86 bits per heavy atom. The Labute approximate surface area is 136 Å². The van der Waals surface area contributed by atoms with E-state index in [2.05, 4.69) is 34.4 Å². The number of nitrogens with one attached hydrogen (secondary N) is 2. The lowest BCUT2D eigenvalue weighted by Gasteiger charge is -2.30. The van der Waals surface area contributed by atoms with Crippen LogP contribution in [0.3, 0.4) is 0 Å². The number of hydrogen-bond donors (Lipinski definition) is 2. The fourth-order valence-corrected chi connectivity index (χ4v) is 2.86. The number of hydrogen-bond acceptors (Lipinski definition) is 3. The third-order valence-electron chi connectivity index (χ3n) is 3.98. The number of guanidine groups is 1. The lowest BCUT2D eigenvalue weighted by molar-refractivity contribution is 0.152. The van der Waals surface area contributed by atoms with Gasteiger partial charge in [-0.2, -0.15) is 0 Å². The molecule has 1 rings (SSSR count). The highest BCUT2D eigenvalue weighted by atomic mass is 16.5. The second-order valence-electron chi connectivity index (χ2n) is 6.14. The number of ether oxygens (including phenoxy) is 1. The lowest BCUT2D eigenvalue weighted by Crippen LogP contribution is -2.39. The fraction of sp³-hybridized carbons (Fsp3) is 0.941. The monoisotopic (exact) mass is 312 g/mol. The summed E-state index contributed by atoms with van der Waals surface area (Å²) in [5.74, 6) is 1.79. The molecule has 0 aromatic carbocycles. The van der Waals surface area contributed by atoms with Crippen LogP contribution < -0.4 is 10.6 Å². The first-order chi connectivity index (χ1) is 10.8. The maximum absolute atomic E-state index is 5.33. The quantitative estimate of drug-likeness (QED) is 0.368. The Morgan fingerprint density at radius 1 is 1.27 bits per heavy atom. The third-order valence-corrected chi connectivity index (χ3v) is 3.98. The van der Waals surface area contributed by atoms with Crippen molar-refractivity contribution in [3.8, 4) is 0 Å². The molecule has 1 atom stereocenters. The van der Waals surface area contributed by atoms with Gasteiger partial charge in [0.05, 0.1) is 6.61 Å². The van der Waals surface area contributed by atoms with Crippen LogP contribution in [-0.2, 0) is 4.74 Å². The molecule has 1 aliphatic rings. The van der Waals surface area contributed by atoms with Crippen molar-refractivity contribution < 1.29 is 4.74 Å². The van der Waals surface area contributed by atoms with E-state index in [-0.39, 0.29) is 0 Å². The van der Waals surface area contributed by atoms with Crippen LogP contribution in [0.15, 0.2) is 4.99 Å². The van der Waals surface area contributed by atoms with Crippen molar-refractivity contribution in [1.82, 2.24) is 15.5 Å². The molecular weight excluding hydrogens is 276 g/mol. The van der Waals surface area contributed by atoms with Crippen LogP contribution in [0.5, 0.6) is 0 Å². The van der Waals surface area contributed by atoms with E-state index < -0.39 is 0 Å². The van der Waals surface area contributed by atoms with E-state index in [1.807, 2.05) is 6.92 Å². The predicted molar refractivity (Wildman–Crippen MR) is 94.5 cm³/mol. The largest absolute Gasteiger partial charge is 0.380 e. The highest BCUT2D eigenvalue weighted by Gasteiger charge is 2.15. The van der Waals surface area contributed by atoms with E-state index in [0.717, 1.165) is 51.1 Å². The van der Waals surface area contributed by atoms with Gasteiger partial charge in [-0.3, -0.25) is 4.99 Å². The molecule has 1 heterocycles. The molecule has 1 saturated heterocycles. The summed E-state index contributed by atoms with van der Waals surface area (Å²) < 4.78 is 5.33. The van der Waals surface area contributed by atoms with Gasteiger partial charge >= 0.3 is 0 Å². The number of rotatable bonds is 10. The Morgan fingerprint density at radius 2 is 2.14 bits per heavy atom. The van der Waals surface area contributed by atoms with Gasteiger partial charge in [-0.05, 0) is 58.5 Å². The summed E-state index contributed by atoms with van der Waals surface area (Å²) in [6, 6.07) is 0. The first-order valence-corrected chi connectivity index (χ1v) is 9.08. The number of nitrogens with zero attached hydrogens (tertiary/aromatic N) is 2. The van der Waals surface area contributed by atoms with E-state index in [1.54, 1.807) is 0 Å². The van der Waals surface area contributed by atoms with E-state index in [0.29, 0.717) is 0 Å². The minimum absolute atomic E-state index is 0.730. The maximum Gasteiger partial charge on any atom is 0.191 e. The number of likely N-dealkylation sites (tertiary alicyclic amines) is 1. The molecule has 22 heavy (non-hydrogen) atoms. The first kappa shape index (κ1) is 19.2. The van der Waals surface area contributed by atoms with Gasteiger partial charge in [0, 0.05) is 32.8 Å². The minimum atomic E-state index is 0.730. The molecule has 0 spiro atoms. The van der Waals surface area contributed by atoms with Gasteiger partial charge in [0.15, 0.2) is 5.96 Å². The topological polar surface area (TPSA) is 48.9 Å². The first-order valence-electron chi connectivity index (χ1n) is 9.08. The van der Waals surface area contributed by atoms with Crippen molar-refractivity contribution in [3.63, 3.8) is 0 Å². The Bertz CT molecular complexity index is 296. The van der Waals surface area contributed by atoms with Gasteiger partial charge in [0.1, 0.15) is 0 Å². The zero-order chi connectivity index (χ0) is 16.0. The predicted octanol–water partition coefficient (Wildman–Crippen LogP) is 2.09. The zero-order valence-corrected chi connectivity index (χ0v) is 14.9. The van der Waals surface area contributed by atoms with Crippen molar-refractivity contribution in [2.24, 2.45) is 10.9 Å². The minimum Gasteiger partial charge on any atom is -0.380 e. The smallest absolute Gasteiger partial charge is 0.191 e. The zero-order valence-electron chi connectivity index (χ0n) is 14.9. The highest BCUT2D eigenvalue weighted by molar-refractivity contribution is 5.79. The van der Waals surface area contributed by atoms with E-state index in [9.17, 15) is 0 Å². The van der Waals surface area contributed by atoms with Crippen LogP contribution in [0.4, 0.5) is 0 Å². The van der Waals surface area contributed by atoms with Crippen LogP contribution in [-0.4, -0.2) is 63.3 Å². The summed E-state index contributed by atoms with van der Waals surface area (Å²) in [5, 5.41) is 6.58. The summed E-state index contributed by atoms with van der Waals surface area (Å²) >= 11 is 0. The molecule has 5 nitrogen and oxygen atoms in total. The van der Waals surface area contributed by atoms with Crippen molar-refractivity contribution in [2.45, 2.75) is 46.5 Å². The standard InChI is InChI=1S/C17H36N4O/c1-4-18-17(20-11-14-22-5-2)19-10-6-7-12-21-13-8-9-16(3)15-21/h16H,4-15H2,1-3H3,(H2,18,19,20). The molecule has 2 N–H and O–H groups in total. The Kier molecular flexibility index (Phi) is 11.1. The van der Waals surface area contributed by atoms with Crippen LogP contribution in [0.2, 0.25) is 0 Å². The second kappa shape index (κ2) is 12.7. The van der Waals surface area contributed by atoms with Crippen molar-refractivity contribution in [3.05, 3.63) is 0 Å². The molecule has 0 saturated carbocycles. The second-order valence-corrected chi connectivity index (χ2v) is 6.14. The third kappa shape index (κ3) is 9.26. The van der Waals surface area contributed by atoms with Gasteiger partial charge in [0.2, 0.25) is 0 Å². The van der Waals surface area contributed by atoms with Crippen LogP contribution in [0.1, 0.15) is 46.5 Å². The van der Waals surface area contributed by atoms with E-state index in [1.165, 1.54) is 38.9 Å². The molecule has 130 valence electrons. The molecule has 0 amide bonds. The summed E-state index contributed by atoms with van der Waals surface area (Å²) in [5.41, 5.74) is 0. The average molecular weight is 313 g/mol. The number of unbranched alkanes of at least 4 members (excludes halogenated alkanes) is 1. The maximum atomic E-state index is 5.33. The van der Waals surface area contributed by atoms with Gasteiger partial charge < -0.3 is 20.3 Å². The van der Waals surface area contributed by atoms with Crippen LogP contribution in [0.25, 0.3) is 0 Å². The molecule has 0 aliphatic carbocycles. The van der Waals surface area contributed by atoms with Crippen LogP contribution >= 0.6 is 0 Å². The van der Waals surface area contributed by atoms with Gasteiger partial charge in [0.25, 0.3) is 0 Å². The normalized spacial score (nSPS) is 20.1. The molecule has 0 aromatic heterocycles. The van der Waals surface area contributed by atoms with E-state index in [4.69, 9.17) is 4.74 Å². The van der Waals surface area contributed by atoms with Gasteiger partial charge in [-0.25, -0.2) is 0 Å². The fourth-order valence-electron chi connectivity index (χ4n) is 2.86. The van der Waals surface area contributed by atoms with Crippen molar-refractivity contribution in [2.75, 3.05) is 52.5 Å². The Hall–Kier alpha value is -0.810. The van der Waals surface area contributed by atoms with Gasteiger partial charge in [-0.15, -0.1) is 0 Å². The van der Waals surface area contributed by atoms with Crippen molar-refractivity contribution >= 4 is 5.96 Å². The average Bonchev–Trinajstić information content (AvgIpc) is 2.51. The molecule has 0 radical (unpaired) electrons. The molecule has 0 aromatic rings. The molecule has 0 bridgehead atoms. The lowest BCUT2D eigenvalue weighted by atomic mass is 10.0. The summed E-state index contributed by atoms with van der Waals surface area (Å²) in [7, 11) is 0. The summed E-state index contributed by atoms with van der Waals surface area (Å²) in [6.45, 7) is 14.4. The molecule has 1 fully saturated rings. The van der Waals surface area contributed by atoms with Gasteiger partial charge in [-0.1, -0.05) is 6.92 Å². The SMILES string of the molecule is CCNC(=NCCCCN1CCCC(C)C1)NCCOCC. The van der Waals surface area contributed by atoms with Crippen molar-refractivity contribution in [1.29, 1.82) is 0 Å². The Balaban J connectivity index is 2.11. The molecule has 1 aliphatic heterocycles. The number of aliphatic imine (C=N–C) groups is 1. The summed E-state index contributed by atoms with van der Waals surface area (Å²) in [6.07, 6.45) is 5.18. The molecule has 5 heteroatoms. The van der Waals surface area contributed by atoms with Crippen LogP contribution in [0, 0.1) is 5.92 Å². The van der Waals surface area contributed by atoms with E-state index >= 15 is 0 Å². The number of piperidine rings is 1. The highest BCUT2D eigenvalue weighted by Crippen LogP contribution is 2.15. The summed E-state index contributed by atoms with van der Waals surface area (Å²) in [4.78, 5) is 7.24.